The molecule has 0 unspecified atom stereocenters. The molecule has 1 atom stereocenters. The highest BCUT2D eigenvalue weighted by Crippen LogP contribution is 2.17. The summed E-state index contributed by atoms with van der Waals surface area (Å²) in [6.07, 6.45) is 1.78. The van der Waals surface area contributed by atoms with Gasteiger partial charge in [-0.25, -0.2) is 5.01 Å². The lowest BCUT2D eigenvalue weighted by atomic mass is 10.2. The molecule has 1 fully saturated rings. The van der Waals surface area contributed by atoms with Crippen LogP contribution in [0.5, 0.6) is 0 Å². The number of hydrogen-bond donors (Lipinski definition) is 1. The Labute approximate surface area is 79.0 Å². The maximum Gasteiger partial charge on any atom is 0.325 e. The Kier molecular flexibility index (Phi) is 2.93. The predicted octanol–water partition coefficient (Wildman–Crippen LogP) is 0.666. The Morgan fingerprint density at radius 3 is 2.54 bits per heavy atom. The van der Waals surface area contributed by atoms with Gasteiger partial charge in [0, 0.05) is 6.54 Å². The van der Waals surface area contributed by atoms with Gasteiger partial charge in [0.05, 0.1) is 0 Å². The second kappa shape index (κ2) is 3.64. The smallest absolute Gasteiger partial charge is 0.325 e. The van der Waals surface area contributed by atoms with Gasteiger partial charge in [-0.1, -0.05) is 0 Å². The van der Waals surface area contributed by atoms with Crippen molar-refractivity contribution >= 4 is 5.97 Å². The SMILES string of the molecule is CC(C)(C)OC(=O)[C@H]1CCCN1N. The lowest BCUT2D eigenvalue weighted by molar-refractivity contribution is -0.160. The average molecular weight is 186 g/mol. The van der Waals surface area contributed by atoms with Crippen molar-refractivity contribution in [1.82, 2.24) is 5.01 Å². The fourth-order valence-corrected chi connectivity index (χ4v) is 1.41. The van der Waals surface area contributed by atoms with Crippen molar-refractivity contribution in [3.63, 3.8) is 0 Å². The van der Waals surface area contributed by atoms with Gasteiger partial charge < -0.3 is 4.74 Å². The number of hydrogen-bond acceptors (Lipinski definition) is 4. The molecule has 0 aromatic rings. The van der Waals surface area contributed by atoms with Crippen molar-refractivity contribution in [3.05, 3.63) is 0 Å². The fraction of sp³-hybridized carbons (Fsp3) is 0.889. The first-order valence-electron chi connectivity index (χ1n) is 4.64. The number of nitrogens with zero attached hydrogens (tertiary/aromatic N) is 1. The van der Waals surface area contributed by atoms with Gasteiger partial charge in [-0.15, -0.1) is 0 Å². The summed E-state index contributed by atoms with van der Waals surface area (Å²) in [5.41, 5.74) is -0.416. The van der Waals surface area contributed by atoms with Crippen LogP contribution in [0.2, 0.25) is 0 Å². The second-order valence-electron chi connectivity index (χ2n) is 4.43. The Balaban J connectivity index is 2.48. The minimum Gasteiger partial charge on any atom is -0.459 e. The molecule has 0 bridgehead atoms. The number of hydrazine groups is 1. The maximum atomic E-state index is 11.5. The quantitative estimate of drug-likeness (QED) is 0.483. The molecule has 4 nitrogen and oxygen atoms in total. The Morgan fingerprint density at radius 2 is 2.15 bits per heavy atom. The van der Waals surface area contributed by atoms with E-state index < -0.39 is 5.60 Å². The Morgan fingerprint density at radius 1 is 1.54 bits per heavy atom. The van der Waals surface area contributed by atoms with Crippen LogP contribution in [0.3, 0.4) is 0 Å². The van der Waals surface area contributed by atoms with Gasteiger partial charge in [0.15, 0.2) is 0 Å². The average Bonchev–Trinajstić information content (AvgIpc) is 2.30. The van der Waals surface area contributed by atoms with Gasteiger partial charge in [0.2, 0.25) is 0 Å². The summed E-state index contributed by atoms with van der Waals surface area (Å²) < 4.78 is 5.23. The molecule has 0 aromatic carbocycles. The van der Waals surface area contributed by atoms with Crippen molar-refractivity contribution in [1.29, 1.82) is 0 Å². The van der Waals surface area contributed by atoms with Gasteiger partial charge in [-0.05, 0) is 33.6 Å². The molecule has 1 heterocycles. The highest BCUT2D eigenvalue weighted by Gasteiger charge is 2.32. The van der Waals surface area contributed by atoms with E-state index in [4.69, 9.17) is 10.6 Å². The number of esters is 1. The van der Waals surface area contributed by atoms with Crippen LogP contribution in [0, 0.1) is 0 Å². The summed E-state index contributed by atoms with van der Waals surface area (Å²) in [6.45, 7) is 6.37. The molecular weight excluding hydrogens is 168 g/mol. The molecule has 2 N–H and O–H groups in total. The van der Waals surface area contributed by atoms with Gasteiger partial charge in [-0.2, -0.15) is 0 Å². The summed E-state index contributed by atoms with van der Waals surface area (Å²) in [4.78, 5) is 11.5. The third kappa shape index (κ3) is 2.97. The molecule has 0 radical (unpaired) electrons. The maximum absolute atomic E-state index is 11.5. The van der Waals surface area contributed by atoms with Gasteiger partial charge in [0.25, 0.3) is 0 Å². The highest BCUT2D eigenvalue weighted by molar-refractivity contribution is 5.76. The summed E-state index contributed by atoms with van der Waals surface area (Å²) in [5.74, 6) is 5.43. The molecular formula is C9H18N2O2. The predicted molar refractivity (Wildman–Crippen MR) is 49.8 cm³/mol. The largest absolute Gasteiger partial charge is 0.459 e. The fourth-order valence-electron chi connectivity index (χ4n) is 1.41. The molecule has 0 aliphatic carbocycles. The topological polar surface area (TPSA) is 55.6 Å². The minimum absolute atomic E-state index is 0.201. The van der Waals surface area contributed by atoms with Crippen LogP contribution in [0.4, 0.5) is 0 Å². The van der Waals surface area contributed by atoms with Crippen molar-refractivity contribution in [2.24, 2.45) is 5.84 Å². The molecule has 0 saturated carbocycles. The molecule has 1 aliphatic heterocycles. The van der Waals surface area contributed by atoms with Gasteiger partial charge in [0.1, 0.15) is 11.6 Å². The standard InChI is InChI=1S/C9H18N2O2/c1-9(2,3)13-8(12)7-5-4-6-11(7)10/h7H,4-6,10H2,1-3H3/t7-/m1/s1. The molecule has 76 valence electrons. The van der Waals surface area contributed by atoms with Crippen LogP contribution in [-0.4, -0.2) is 29.2 Å². The number of carbonyl (C=O) groups excluding carboxylic acids is 1. The van der Waals surface area contributed by atoms with E-state index in [0.717, 1.165) is 19.4 Å². The van der Waals surface area contributed by atoms with Crippen LogP contribution in [0.1, 0.15) is 33.6 Å². The van der Waals surface area contributed by atoms with Crippen LogP contribution in [0.25, 0.3) is 0 Å². The van der Waals surface area contributed by atoms with Crippen molar-refractivity contribution < 1.29 is 9.53 Å². The van der Waals surface area contributed by atoms with Crippen LogP contribution in [-0.2, 0) is 9.53 Å². The van der Waals surface area contributed by atoms with E-state index >= 15 is 0 Å². The second-order valence-corrected chi connectivity index (χ2v) is 4.43. The monoisotopic (exact) mass is 186 g/mol. The third-order valence-corrected chi connectivity index (χ3v) is 1.97. The van der Waals surface area contributed by atoms with Crippen LogP contribution in [0.15, 0.2) is 0 Å². The highest BCUT2D eigenvalue weighted by atomic mass is 16.6. The van der Waals surface area contributed by atoms with E-state index in [1.165, 1.54) is 0 Å². The normalized spacial score (nSPS) is 24.8. The van der Waals surface area contributed by atoms with Gasteiger partial charge in [-0.3, -0.25) is 10.6 Å². The van der Waals surface area contributed by atoms with E-state index in [1.807, 2.05) is 20.8 Å². The third-order valence-electron chi connectivity index (χ3n) is 1.97. The van der Waals surface area contributed by atoms with E-state index in [0.29, 0.717) is 0 Å². The summed E-state index contributed by atoms with van der Waals surface area (Å²) in [5, 5.41) is 1.56. The Bertz CT molecular complexity index is 198. The van der Waals surface area contributed by atoms with Crippen molar-refractivity contribution in [3.8, 4) is 0 Å². The molecule has 4 heteroatoms. The van der Waals surface area contributed by atoms with Crippen LogP contribution >= 0.6 is 0 Å². The lowest BCUT2D eigenvalue weighted by Crippen LogP contribution is -2.44. The molecule has 0 aromatic heterocycles. The first-order valence-corrected chi connectivity index (χ1v) is 4.64. The zero-order chi connectivity index (χ0) is 10.1. The number of carbonyl (C=O) groups is 1. The summed E-state index contributed by atoms with van der Waals surface area (Å²) >= 11 is 0. The molecule has 1 rings (SSSR count). The zero-order valence-corrected chi connectivity index (χ0v) is 8.54. The molecule has 1 aliphatic rings. The minimum atomic E-state index is -0.416. The molecule has 0 spiro atoms. The number of nitrogens with two attached hydrogens (primary N) is 1. The van der Waals surface area contributed by atoms with Crippen molar-refractivity contribution in [2.75, 3.05) is 6.54 Å². The van der Waals surface area contributed by atoms with E-state index in [2.05, 4.69) is 0 Å². The van der Waals surface area contributed by atoms with Gasteiger partial charge >= 0.3 is 5.97 Å². The van der Waals surface area contributed by atoms with E-state index in [1.54, 1.807) is 5.01 Å². The molecule has 0 amide bonds. The lowest BCUT2D eigenvalue weighted by Gasteiger charge is -2.24. The zero-order valence-electron chi connectivity index (χ0n) is 8.54. The number of rotatable bonds is 1. The Hall–Kier alpha value is -0.610. The summed E-state index contributed by atoms with van der Waals surface area (Å²) in [6, 6.07) is -0.237. The molecule has 1 saturated heterocycles. The number of ether oxygens (including phenoxy) is 1. The first-order chi connectivity index (χ1) is 5.90. The first kappa shape index (κ1) is 10.5. The van der Waals surface area contributed by atoms with E-state index in [9.17, 15) is 4.79 Å². The summed E-state index contributed by atoms with van der Waals surface area (Å²) in [7, 11) is 0. The molecule has 13 heavy (non-hydrogen) atoms. The van der Waals surface area contributed by atoms with Crippen molar-refractivity contribution in [2.45, 2.75) is 45.3 Å². The van der Waals surface area contributed by atoms with E-state index in [-0.39, 0.29) is 12.0 Å². The van der Waals surface area contributed by atoms with Crippen LogP contribution < -0.4 is 5.84 Å².